The van der Waals surface area contributed by atoms with Crippen LogP contribution in [0.3, 0.4) is 0 Å². The summed E-state index contributed by atoms with van der Waals surface area (Å²) in [4.78, 5) is 15.3. The summed E-state index contributed by atoms with van der Waals surface area (Å²) in [5.41, 5.74) is 1.88. The van der Waals surface area contributed by atoms with Crippen LogP contribution < -0.4 is 0 Å². The number of nitrogens with zero attached hydrogens (tertiary/aromatic N) is 4. The lowest BCUT2D eigenvalue weighted by molar-refractivity contribution is 0.0690. The number of nitriles is 1. The summed E-state index contributed by atoms with van der Waals surface area (Å²) in [7, 11) is 0. The molecule has 0 saturated carbocycles. The van der Waals surface area contributed by atoms with Crippen LogP contribution in [0.5, 0.6) is 0 Å². The average Bonchev–Trinajstić information content (AvgIpc) is 2.43. The van der Waals surface area contributed by atoms with Gasteiger partial charge in [0.2, 0.25) is 0 Å². The maximum Gasteiger partial charge on any atom is 0.354 e. The van der Waals surface area contributed by atoms with E-state index in [4.69, 9.17) is 5.11 Å². The molecular weight excluding hydrogens is 276 g/mol. The maximum absolute atomic E-state index is 10.9. The summed E-state index contributed by atoms with van der Waals surface area (Å²) in [6, 6.07) is 5.20. The van der Waals surface area contributed by atoms with Crippen LogP contribution in [0.15, 0.2) is 28.3 Å². The lowest BCUT2D eigenvalue weighted by Gasteiger charge is -2.06. The molecule has 0 aromatic carbocycles. The predicted octanol–water partition coefficient (Wildman–Crippen LogP) is 2.21. The molecule has 100 valence electrons. The molecule has 2 heterocycles. The van der Waals surface area contributed by atoms with Crippen LogP contribution in [0.4, 0.5) is 0 Å². The Labute approximate surface area is 119 Å². The molecule has 0 aliphatic heterocycles. The molecule has 20 heavy (non-hydrogen) atoms. The summed E-state index contributed by atoms with van der Waals surface area (Å²) >= 11 is 1.19. The summed E-state index contributed by atoms with van der Waals surface area (Å²) in [5.74, 6) is -1.10. The molecule has 0 spiro atoms. The number of aromatic carboxylic acids is 1. The van der Waals surface area contributed by atoms with Gasteiger partial charge in [0.05, 0.1) is 11.3 Å². The number of aryl methyl sites for hydroxylation is 1. The standard InChI is InChI=1S/C13H10N4O2S/c1-7-8(2)16-17-12(10(7)6-14)20-9-3-4-15-11(5-9)13(18)19/h3-5H,1-2H3,(H,18,19). The van der Waals surface area contributed by atoms with Crippen molar-refractivity contribution in [1.29, 1.82) is 5.26 Å². The molecule has 0 amide bonds. The van der Waals surface area contributed by atoms with Gasteiger partial charge in [-0.2, -0.15) is 10.4 Å². The van der Waals surface area contributed by atoms with Crippen LogP contribution in [-0.4, -0.2) is 26.3 Å². The Bertz CT molecular complexity index is 725. The van der Waals surface area contributed by atoms with Gasteiger partial charge in [0.1, 0.15) is 16.8 Å². The number of pyridine rings is 1. The molecular formula is C13H10N4O2S. The van der Waals surface area contributed by atoms with Crippen LogP contribution in [-0.2, 0) is 0 Å². The van der Waals surface area contributed by atoms with E-state index in [1.54, 1.807) is 13.0 Å². The van der Waals surface area contributed by atoms with E-state index in [1.165, 1.54) is 24.0 Å². The average molecular weight is 286 g/mol. The van der Waals surface area contributed by atoms with E-state index >= 15 is 0 Å². The Morgan fingerprint density at radius 1 is 1.40 bits per heavy atom. The molecule has 0 saturated heterocycles. The zero-order valence-electron chi connectivity index (χ0n) is 10.8. The second kappa shape index (κ2) is 5.67. The summed E-state index contributed by atoms with van der Waals surface area (Å²) in [6.07, 6.45) is 1.41. The molecule has 0 unspecified atom stereocenters. The third-order valence-electron chi connectivity index (χ3n) is 2.70. The Balaban J connectivity index is 2.41. The third kappa shape index (κ3) is 2.75. The summed E-state index contributed by atoms with van der Waals surface area (Å²) in [5, 5.41) is 26.6. The van der Waals surface area contributed by atoms with Gasteiger partial charge in [-0.3, -0.25) is 0 Å². The van der Waals surface area contributed by atoms with Crippen molar-refractivity contribution in [3.05, 3.63) is 40.8 Å². The zero-order chi connectivity index (χ0) is 14.7. The molecule has 2 aromatic rings. The first-order valence-corrected chi connectivity index (χ1v) is 6.45. The van der Waals surface area contributed by atoms with Crippen molar-refractivity contribution in [3.63, 3.8) is 0 Å². The molecule has 0 aliphatic rings. The Morgan fingerprint density at radius 2 is 2.15 bits per heavy atom. The van der Waals surface area contributed by atoms with Gasteiger partial charge < -0.3 is 5.11 Å². The van der Waals surface area contributed by atoms with E-state index in [9.17, 15) is 10.1 Å². The fourth-order valence-corrected chi connectivity index (χ4v) is 2.40. The van der Waals surface area contributed by atoms with Gasteiger partial charge in [0, 0.05) is 11.1 Å². The van der Waals surface area contributed by atoms with Gasteiger partial charge in [-0.05, 0) is 31.5 Å². The maximum atomic E-state index is 10.9. The molecule has 0 bridgehead atoms. The Kier molecular flexibility index (Phi) is 3.96. The predicted molar refractivity (Wildman–Crippen MR) is 71.5 cm³/mol. The topological polar surface area (TPSA) is 99.8 Å². The molecule has 6 nitrogen and oxygen atoms in total. The van der Waals surface area contributed by atoms with Crippen molar-refractivity contribution in [2.24, 2.45) is 0 Å². The van der Waals surface area contributed by atoms with Crippen molar-refractivity contribution in [1.82, 2.24) is 15.2 Å². The largest absolute Gasteiger partial charge is 0.477 e. The van der Waals surface area contributed by atoms with Gasteiger partial charge >= 0.3 is 5.97 Å². The molecule has 2 rings (SSSR count). The molecule has 2 aromatic heterocycles. The number of rotatable bonds is 3. The highest BCUT2D eigenvalue weighted by Crippen LogP contribution is 2.30. The molecule has 0 fully saturated rings. The molecule has 0 aliphatic carbocycles. The van der Waals surface area contributed by atoms with E-state index in [0.717, 1.165) is 5.56 Å². The fraction of sp³-hybridized carbons (Fsp3) is 0.154. The number of hydrogen-bond acceptors (Lipinski definition) is 6. The van der Waals surface area contributed by atoms with E-state index in [1.807, 2.05) is 6.92 Å². The van der Waals surface area contributed by atoms with E-state index in [2.05, 4.69) is 21.3 Å². The smallest absolute Gasteiger partial charge is 0.354 e. The van der Waals surface area contributed by atoms with Crippen LogP contribution in [0, 0.1) is 25.2 Å². The lowest BCUT2D eigenvalue weighted by Crippen LogP contribution is -2.01. The summed E-state index contributed by atoms with van der Waals surface area (Å²) < 4.78 is 0. The number of carboxylic acids is 1. The van der Waals surface area contributed by atoms with Crippen molar-refractivity contribution in [2.45, 2.75) is 23.8 Å². The highest BCUT2D eigenvalue weighted by atomic mass is 32.2. The van der Waals surface area contributed by atoms with Gasteiger partial charge in [-0.25, -0.2) is 9.78 Å². The second-order valence-corrected chi connectivity index (χ2v) is 5.05. The first-order chi connectivity index (χ1) is 9.52. The Hall–Kier alpha value is -2.46. The van der Waals surface area contributed by atoms with Gasteiger partial charge in [-0.15, -0.1) is 5.10 Å². The second-order valence-electron chi connectivity index (χ2n) is 3.99. The highest BCUT2D eigenvalue weighted by molar-refractivity contribution is 7.99. The fourth-order valence-electron chi connectivity index (χ4n) is 1.49. The van der Waals surface area contributed by atoms with Crippen molar-refractivity contribution in [3.8, 4) is 6.07 Å². The molecule has 0 radical (unpaired) electrons. The van der Waals surface area contributed by atoms with Gasteiger partial charge in [-0.1, -0.05) is 11.8 Å². The van der Waals surface area contributed by atoms with Crippen molar-refractivity contribution >= 4 is 17.7 Å². The third-order valence-corrected chi connectivity index (χ3v) is 3.67. The SMILES string of the molecule is Cc1nnc(Sc2ccnc(C(=O)O)c2)c(C#N)c1C. The lowest BCUT2D eigenvalue weighted by atomic mass is 10.1. The Morgan fingerprint density at radius 3 is 2.80 bits per heavy atom. The monoisotopic (exact) mass is 286 g/mol. The quantitative estimate of drug-likeness (QED) is 0.923. The normalized spacial score (nSPS) is 10.1. The van der Waals surface area contributed by atoms with E-state index in [0.29, 0.717) is 21.2 Å². The van der Waals surface area contributed by atoms with Crippen LogP contribution in [0.2, 0.25) is 0 Å². The van der Waals surface area contributed by atoms with Crippen LogP contribution in [0.25, 0.3) is 0 Å². The van der Waals surface area contributed by atoms with Gasteiger partial charge in [0.15, 0.2) is 0 Å². The van der Waals surface area contributed by atoms with Crippen LogP contribution in [0.1, 0.15) is 27.3 Å². The van der Waals surface area contributed by atoms with Crippen LogP contribution >= 0.6 is 11.8 Å². The minimum Gasteiger partial charge on any atom is -0.477 e. The number of carboxylic acid groups (broad SMARTS) is 1. The highest BCUT2D eigenvalue weighted by Gasteiger charge is 2.13. The first-order valence-electron chi connectivity index (χ1n) is 5.64. The summed E-state index contributed by atoms with van der Waals surface area (Å²) in [6.45, 7) is 3.59. The number of aromatic nitrogens is 3. The van der Waals surface area contributed by atoms with E-state index in [-0.39, 0.29) is 5.69 Å². The minimum absolute atomic E-state index is 0.0506. The van der Waals surface area contributed by atoms with E-state index < -0.39 is 5.97 Å². The first kappa shape index (κ1) is 14.0. The number of carbonyl (C=O) groups is 1. The zero-order valence-corrected chi connectivity index (χ0v) is 11.6. The minimum atomic E-state index is -1.10. The number of hydrogen-bond donors (Lipinski definition) is 1. The molecule has 1 N–H and O–H groups in total. The van der Waals surface area contributed by atoms with Gasteiger partial charge in [0.25, 0.3) is 0 Å². The molecule has 0 atom stereocenters. The molecule has 7 heteroatoms. The van der Waals surface area contributed by atoms with Crippen molar-refractivity contribution in [2.75, 3.05) is 0 Å². The van der Waals surface area contributed by atoms with Crippen molar-refractivity contribution < 1.29 is 9.90 Å².